The number of aromatic nitrogens is 4. The van der Waals surface area contributed by atoms with Crippen molar-refractivity contribution in [2.45, 2.75) is 25.9 Å². The molecule has 0 amide bonds. The number of rotatable bonds is 8. The van der Waals surface area contributed by atoms with Gasteiger partial charge in [-0.15, -0.1) is 11.3 Å². The van der Waals surface area contributed by atoms with Gasteiger partial charge in [0.25, 0.3) is 12.0 Å². The van der Waals surface area contributed by atoms with E-state index in [0.29, 0.717) is 51.0 Å². The quantitative estimate of drug-likeness (QED) is 0.239. The largest absolute Gasteiger partial charge is 0.491 e. The Morgan fingerprint density at radius 2 is 2.07 bits per heavy atom. The molecule has 1 fully saturated rings. The predicted octanol–water partition coefficient (Wildman–Crippen LogP) is 5.06. The summed E-state index contributed by atoms with van der Waals surface area (Å²) in [4.78, 5) is 41.9. The monoisotopic (exact) mass is 665 g/mol. The first kappa shape index (κ1) is 31.3. The van der Waals surface area contributed by atoms with Gasteiger partial charge in [-0.1, -0.05) is 11.6 Å². The number of aryl methyl sites for hydroxylation is 1. The molecular formula is C31H26ClF2N7O4S. The number of ether oxygens (including phenoxy) is 1. The van der Waals surface area contributed by atoms with Gasteiger partial charge in [-0.3, -0.25) is 19.2 Å². The Balaban J connectivity index is 1.31. The van der Waals surface area contributed by atoms with Crippen LogP contribution >= 0.6 is 22.9 Å². The second kappa shape index (κ2) is 12.6. The van der Waals surface area contributed by atoms with E-state index in [2.05, 4.69) is 21.0 Å². The topological polar surface area (TPSA) is 137 Å². The van der Waals surface area contributed by atoms with Gasteiger partial charge in [-0.05, 0) is 38.2 Å². The summed E-state index contributed by atoms with van der Waals surface area (Å²) in [6.07, 6.45) is 0.335. The van der Waals surface area contributed by atoms with Gasteiger partial charge in [0.1, 0.15) is 35.6 Å². The molecule has 46 heavy (non-hydrogen) atoms. The van der Waals surface area contributed by atoms with Crippen LogP contribution < -0.4 is 15.2 Å². The molecule has 0 spiro atoms. The van der Waals surface area contributed by atoms with Crippen molar-refractivity contribution in [3.63, 3.8) is 0 Å². The zero-order chi connectivity index (χ0) is 32.7. The fourth-order valence-electron chi connectivity index (χ4n) is 5.67. The number of nitrogens with zero attached hydrogens (tertiary/aromatic N) is 7. The number of pyridine rings is 2. The van der Waals surface area contributed by atoms with E-state index in [-0.39, 0.29) is 47.5 Å². The minimum atomic E-state index is -2.58. The van der Waals surface area contributed by atoms with E-state index >= 15 is 0 Å². The van der Waals surface area contributed by atoms with Crippen LogP contribution in [0.3, 0.4) is 0 Å². The molecule has 0 radical (unpaired) electrons. The number of alkyl halides is 2. The zero-order valence-electron chi connectivity index (χ0n) is 24.6. The Morgan fingerprint density at radius 1 is 1.26 bits per heavy atom. The predicted molar refractivity (Wildman–Crippen MR) is 170 cm³/mol. The van der Waals surface area contributed by atoms with Gasteiger partial charge in [0.2, 0.25) is 0 Å². The van der Waals surface area contributed by atoms with Crippen molar-refractivity contribution in [3.8, 4) is 22.9 Å². The number of hydrogen-bond acceptors (Lipinski definition) is 10. The van der Waals surface area contributed by atoms with E-state index in [9.17, 15) is 28.7 Å². The van der Waals surface area contributed by atoms with Crippen molar-refractivity contribution in [2.24, 2.45) is 0 Å². The number of aromatic carboxylic acids is 1. The Kier molecular flexibility index (Phi) is 8.56. The van der Waals surface area contributed by atoms with Crippen molar-refractivity contribution in [2.75, 3.05) is 38.2 Å². The molecule has 6 rings (SSSR count). The van der Waals surface area contributed by atoms with Crippen molar-refractivity contribution in [3.05, 3.63) is 74.4 Å². The van der Waals surface area contributed by atoms with Crippen LogP contribution in [0.5, 0.6) is 5.75 Å². The summed E-state index contributed by atoms with van der Waals surface area (Å²) in [5.41, 5.74) is 1.51. The SMILES string of the molecule is Cc1nc2cnc(N3CCN(C)C(C(F)F)C3)c(C#N)c2c(=O)n1CCOc1ccc(Cl)cc1-c1ccnc2c(C(=O)O)csc12. The zero-order valence-corrected chi connectivity index (χ0v) is 26.1. The number of nitriles is 1. The number of halogens is 3. The number of carbonyl (C=O) groups is 1. The molecule has 5 heterocycles. The highest BCUT2D eigenvalue weighted by molar-refractivity contribution is 7.18. The highest BCUT2D eigenvalue weighted by Gasteiger charge is 2.33. The Bertz CT molecular complexity index is 2100. The van der Waals surface area contributed by atoms with E-state index in [1.54, 1.807) is 48.0 Å². The lowest BCUT2D eigenvalue weighted by atomic mass is 10.0. The van der Waals surface area contributed by atoms with Gasteiger partial charge in [0, 0.05) is 47.4 Å². The van der Waals surface area contributed by atoms with Gasteiger partial charge < -0.3 is 14.7 Å². The van der Waals surface area contributed by atoms with Gasteiger partial charge in [0.05, 0.1) is 45.5 Å². The van der Waals surface area contributed by atoms with Crippen LogP contribution in [0.15, 0.2) is 46.8 Å². The van der Waals surface area contributed by atoms with Gasteiger partial charge in [-0.25, -0.2) is 23.5 Å². The highest BCUT2D eigenvalue weighted by atomic mass is 35.5. The standard InChI is InChI=1S/C31H26ClF2N7O4S/c1-16-38-22-13-37-29(40-8-7-39(2)23(14-40)28(33)34)20(12-35)25(22)30(42)41(16)9-10-45-24-4-3-17(32)11-19(24)18-5-6-36-26-21(31(43)44)15-46-27(18)26/h3-6,11,13,15,23,28H,7-10,14H2,1-2H3,(H,43,44). The first-order chi connectivity index (χ1) is 22.1. The highest BCUT2D eigenvalue weighted by Crippen LogP contribution is 2.39. The average Bonchev–Trinajstić information content (AvgIpc) is 3.48. The number of anilines is 1. The molecule has 1 atom stereocenters. The van der Waals surface area contributed by atoms with Crippen molar-refractivity contribution >= 4 is 55.8 Å². The molecule has 1 unspecified atom stereocenters. The number of carboxylic acid groups (broad SMARTS) is 1. The lowest BCUT2D eigenvalue weighted by Gasteiger charge is -2.39. The smallest absolute Gasteiger partial charge is 0.338 e. The molecule has 0 aliphatic carbocycles. The van der Waals surface area contributed by atoms with E-state index in [1.165, 1.54) is 33.7 Å². The van der Waals surface area contributed by atoms with Crippen LogP contribution in [0.25, 0.3) is 32.2 Å². The summed E-state index contributed by atoms with van der Waals surface area (Å²) >= 11 is 7.59. The number of thiophene rings is 1. The lowest BCUT2D eigenvalue weighted by Crippen LogP contribution is -2.54. The maximum atomic E-state index is 13.8. The number of likely N-dealkylation sites (N-methyl/N-ethyl adjacent to an activating group) is 1. The third-order valence-electron chi connectivity index (χ3n) is 8.06. The van der Waals surface area contributed by atoms with Crippen LogP contribution in [0.4, 0.5) is 14.6 Å². The van der Waals surface area contributed by atoms with E-state index in [4.69, 9.17) is 16.3 Å². The van der Waals surface area contributed by atoms with E-state index < -0.39 is 24.0 Å². The Hall–Kier alpha value is -4.71. The summed E-state index contributed by atoms with van der Waals surface area (Å²) in [6, 6.07) is 7.86. The molecule has 1 saturated heterocycles. The molecular weight excluding hydrogens is 640 g/mol. The number of piperazine rings is 1. The molecule has 1 aromatic carbocycles. The van der Waals surface area contributed by atoms with Crippen LogP contribution in [0.2, 0.25) is 5.02 Å². The summed E-state index contributed by atoms with van der Waals surface area (Å²) in [6.45, 7) is 2.44. The van der Waals surface area contributed by atoms with Crippen molar-refractivity contribution in [1.82, 2.24) is 24.4 Å². The molecule has 236 valence electrons. The maximum absolute atomic E-state index is 13.8. The molecule has 1 aliphatic rings. The van der Waals surface area contributed by atoms with Gasteiger partial charge in [0.15, 0.2) is 0 Å². The molecule has 5 aromatic rings. The van der Waals surface area contributed by atoms with Crippen molar-refractivity contribution in [1.29, 1.82) is 5.26 Å². The first-order valence-electron chi connectivity index (χ1n) is 14.1. The normalized spacial score (nSPS) is 15.5. The fourth-order valence-corrected chi connectivity index (χ4v) is 6.87. The van der Waals surface area contributed by atoms with E-state index in [1.807, 2.05) is 0 Å². The van der Waals surface area contributed by atoms with E-state index in [0.717, 1.165) is 0 Å². The molecule has 0 saturated carbocycles. The number of hydrogen-bond donors (Lipinski definition) is 1. The summed E-state index contributed by atoms with van der Waals surface area (Å²) < 4.78 is 35.6. The molecule has 0 bridgehead atoms. The minimum Gasteiger partial charge on any atom is -0.491 e. The third-order valence-corrected chi connectivity index (χ3v) is 9.30. The molecule has 1 N–H and O–H groups in total. The molecule has 11 nitrogen and oxygen atoms in total. The minimum absolute atomic E-state index is 0.0133. The second-order valence-corrected chi connectivity index (χ2v) is 12.1. The first-order valence-corrected chi connectivity index (χ1v) is 15.4. The average molecular weight is 666 g/mol. The number of fused-ring (bicyclic) bond motifs is 2. The van der Waals surface area contributed by atoms with Gasteiger partial charge >= 0.3 is 5.97 Å². The summed E-state index contributed by atoms with van der Waals surface area (Å²) in [7, 11) is 1.63. The van der Waals surface area contributed by atoms with Crippen LogP contribution in [0, 0.1) is 18.3 Å². The van der Waals surface area contributed by atoms with Crippen LogP contribution in [-0.2, 0) is 6.54 Å². The fraction of sp³-hybridized carbons (Fsp3) is 0.290. The Morgan fingerprint density at radius 3 is 2.80 bits per heavy atom. The summed E-state index contributed by atoms with van der Waals surface area (Å²) in [5, 5.41) is 21.7. The molecule has 4 aromatic heterocycles. The number of benzene rings is 1. The van der Waals surface area contributed by atoms with Crippen molar-refractivity contribution < 1.29 is 23.4 Å². The van der Waals surface area contributed by atoms with Crippen LogP contribution in [-0.4, -0.2) is 81.3 Å². The maximum Gasteiger partial charge on any atom is 0.338 e. The lowest BCUT2D eigenvalue weighted by molar-refractivity contribution is 0.0324. The van der Waals surface area contributed by atoms with Gasteiger partial charge in [-0.2, -0.15) is 5.26 Å². The Labute approximate surface area is 269 Å². The summed E-state index contributed by atoms with van der Waals surface area (Å²) in [5.74, 6) is -0.0710. The van der Waals surface area contributed by atoms with Crippen LogP contribution in [0.1, 0.15) is 21.7 Å². The molecule has 1 aliphatic heterocycles. The second-order valence-electron chi connectivity index (χ2n) is 10.8. The number of carboxylic acids is 1. The molecule has 15 heteroatoms. The third kappa shape index (κ3) is 5.61.